The number of aromatic nitrogens is 3. The smallest absolute Gasteiger partial charge is 0.117 e. The van der Waals surface area contributed by atoms with Crippen molar-refractivity contribution in [2.45, 2.75) is 25.8 Å². The van der Waals surface area contributed by atoms with E-state index in [0.717, 1.165) is 23.5 Å². The zero-order valence-corrected chi connectivity index (χ0v) is 8.43. The summed E-state index contributed by atoms with van der Waals surface area (Å²) in [4.78, 5) is 0. The molecule has 4 heteroatoms. The molecule has 1 heterocycles. The number of aryl methyl sites for hydroxylation is 1. The number of hydrogen-bond acceptors (Lipinski definition) is 3. The minimum Gasteiger partial charge on any atom is -0.508 e. The molecule has 1 N–H and O–H groups in total. The van der Waals surface area contributed by atoms with E-state index in [2.05, 4.69) is 10.3 Å². The summed E-state index contributed by atoms with van der Waals surface area (Å²) in [6.07, 6.45) is 3.89. The van der Waals surface area contributed by atoms with Crippen molar-refractivity contribution < 1.29 is 5.11 Å². The monoisotopic (exact) mass is 203 g/mol. The molecule has 1 saturated carbocycles. The number of hydrogen-bond donors (Lipinski definition) is 1. The van der Waals surface area contributed by atoms with Crippen LogP contribution in [0, 0.1) is 5.92 Å². The normalized spacial score (nSPS) is 16.0. The zero-order chi connectivity index (χ0) is 10.3. The molecule has 0 amide bonds. The molecule has 2 aromatic rings. The van der Waals surface area contributed by atoms with Gasteiger partial charge in [-0.15, -0.1) is 5.10 Å². The third-order valence-corrected chi connectivity index (χ3v) is 2.94. The van der Waals surface area contributed by atoms with Crippen LogP contribution < -0.4 is 0 Å². The molecule has 0 saturated heterocycles. The highest BCUT2D eigenvalue weighted by Gasteiger charge is 2.21. The van der Waals surface area contributed by atoms with Gasteiger partial charge in [-0.25, -0.2) is 4.68 Å². The Morgan fingerprint density at radius 3 is 3.07 bits per heavy atom. The summed E-state index contributed by atoms with van der Waals surface area (Å²) in [5.74, 6) is 1.17. The number of nitrogens with zero attached hydrogens (tertiary/aromatic N) is 3. The van der Waals surface area contributed by atoms with Gasteiger partial charge in [0.25, 0.3) is 0 Å². The molecule has 0 bridgehead atoms. The largest absolute Gasteiger partial charge is 0.508 e. The van der Waals surface area contributed by atoms with E-state index in [1.165, 1.54) is 19.3 Å². The predicted molar refractivity (Wildman–Crippen MR) is 56.5 cm³/mol. The molecular weight excluding hydrogens is 190 g/mol. The van der Waals surface area contributed by atoms with Crippen LogP contribution in [-0.2, 0) is 6.54 Å². The number of benzene rings is 1. The second-order valence-corrected chi connectivity index (χ2v) is 4.22. The van der Waals surface area contributed by atoms with Crippen LogP contribution in [0.1, 0.15) is 19.3 Å². The van der Waals surface area contributed by atoms with Gasteiger partial charge in [-0.05, 0) is 24.5 Å². The van der Waals surface area contributed by atoms with Gasteiger partial charge < -0.3 is 5.11 Å². The minimum atomic E-state index is 0.275. The van der Waals surface area contributed by atoms with E-state index in [4.69, 9.17) is 0 Å². The maximum atomic E-state index is 9.39. The van der Waals surface area contributed by atoms with Crippen molar-refractivity contribution in [2.24, 2.45) is 5.92 Å². The fourth-order valence-electron chi connectivity index (χ4n) is 1.83. The first-order valence-electron chi connectivity index (χ1n) is 5.35. The lowest BCUT2D eigenvalue weighted by Gasteiger charge is -2.00. The van der Waals surface area contributed by atoms with Gasteiger partial charge >= 0.3 is 0 Å². The highest BCUT2D eigenvalue weighted by molar-refractivity contribution is 5.75. The van der Waals surface area contributed by atoms with Gasteiger partial charge in [-0.3, -0.25) is 0 Å². The van der Waals surface area contributed by atoms with Crippen LogP contribution in [0.15, 0.2) is 18.2 Å². The van der Waals surface area contributed by atoms with Gasteiger partial charge in [0.2, 0.25) is 0 Å². The Hall–Kier alpha value is -1.58. The molecule has 4 nitrogen and oxygen atoms in total. The highest BCUT2D eigenvalue weighted by atomic mass is 16.3. The maximum Gasteiger partial charge on any atom is 0.117 e. The fourth-order valence-corrected chi connectivity index (χ4v) is 1.83. The summed E-state index contributed by atoms with van der Waals surface area (Å²) in [6, 6.07) is 5.16. The topological polar surface area (TPSA) is 50.9 Å². The fraction of sp³-hybridized carbons (Fsp3) is 0.455. The molecule has 3 rings (SSSR count). The predicted octanol–water partition coefficient (Wildman–Crippen LogP) is 1.94. The van der Waals surface area contributed by atoms with E-state index >= 15 is 0 Å². The average Bonchev–Trinajstić information content (AvgIpc) is 2.97. The molecule has 0 atom stereocenters. The summed E-state index contributed by atoms with van der Waals surface area (Å²) < 4.78 is 1.88. The van der Waals surface area contributed by atoms with Gasteiger partial charge in [-0.1, -0.05) is 18.1 Å². The zero-order valence-electron chi connectivity index (χ0n) is 8.43. The summed E-state index contributed by atoms with van der Waals surface area (Å²) in [7, 11) is 0. The Kier molecular flexibility index (Phi) is 1.87. The molecule has 0 unspecified atom stereocenters. The summed E-state index contributed by atoms with van der Waals surface area (Å²) >= 11 is 0. The Morgan fingerprint density at radius 2 is 2.27 bits per heavy atom. The molecule has 15 heavy (non-hydrogen) atoms. The molecule has 0 radical (unpaired) electrons. The number of phenols is 1. The van der Waals surface area contributed by atoms with Gasteiger partial charge in [0.15, 0.2) is 0 Å². The molecule has 1 fully saturated rings. The van der Waals surface area contributed by atoms with Crippen LogP contribution in [0.3, 0.4) is 0 Å². The van der Waals surface area contributed by atoms with Gasteiger partial charge in [-0.2, -0.15) is 0 Å². The van der Waals surface area contributed by atoms with Crippen molar-refractivity contribution in [2.75, 3.05) is 0 Å². The lowest BCUT2D eigenvalue weighted by molar-refractivity contribution is 0.475. The van der Waals surface area contributed by atoms with Crippen molar-refractivity contribution in [1.29, 1.82) is 0 Å². The van der Waals surface area contributed by atoms with E-state index in [-0.39, 0.29) is 5.75 Å². The summed E-state index contributed by atoms with van der Waals surface area (Å²) in [6.45, 7) is 0.907. The molecule has 0 aliphatic heterocycles. The third-order valence-electron chi connectivity index (χ3n) is 2.94. The molecular formula is C11H13N3O. The summed E-state index contributed by atoms with van der Waals surface area (Å²) in [5.41, 5.74) is 1.78. The number of fused-ring (bicyclic) bond motifs is 1. The van der Waals surface area contributed by atoms with Crippen LogP contribution in [0.25, 0.3) is 11.0 Å². The molecule has 1 aliphatic carbocycles. The quantitative estimate of drug-likeness (QED) is 0.829. The first-order chi connectivity index (χ1) is 7.33. The second-order valence-electron chi connectivity index (χ2n) is 4.22. The Balaban J connectivity index is 1.91. The van der Waals surface area contributed by atoms with Crippen LogP contribution in [-0.4, -0.2) is 20.1 Å². The molecule has 78 valence electrons. The average molecular weight is 203 g/mol. The van der Waals surface area contributed by atoms with E-state index < -0.39 is 0 Å². The number of phenolic OH excluding ortho intramolecular Hbond substituents is 1. The second kappa shape index (κ2) is 3.22. The van der Waals surface area contributed by atoms with Gasteiger partial charge in [0, 0.05) is 12.6 Å². The molecule has 1 aliphatic rings. The lowest BCUT2D eigenvalue weighted by atomic mass is 10.2. The van der Waals surface area contributed by atoms with Crippen molar-refractivity contribution in [3.63, 3.8) is 0 Å². The maximum absolute atomic E-state index is 9.39. The SMILES string of the molecule is Oc1ccc2nnn(CCC3CC3)c2c1. The molecule has 1 aromatic carbocycles. The van der Waals surface area contributed by atoms with E-state index in [9.17, 15) is 5.11 Å². The highest BCUT2D eigenvalue weighted by Crippen LogP contribution is 2.33. The first-order valence-corrected chi connectivity index (χ1v) is 5.35. The number of aromatic hydroxyl groups is 1. The van der Waals surface area contributed by atoms with Crippen molar-refractivity contribution >= 4 is 11.0 Å². The summed E-state index contributed by atoms with van der Waals surface area (Å²) in [5, 5.41) is 17.5. The van der Waals surface area contributed by atoms with Crippen molar-refractivity contribution in [3.8, 4) is 5.75 Å². The van der Waals surface area contributed by atoms with Crippen LogP contribution in [0.4, 0.5) is 0 Å². The van der Waals surface area contributed by atoms with Crippen LogP contribution in [0.2, 0.25) is 0 Å². The molecule has 0 spiro atoms. The standard InChI is InChI=1S/C11H13N3O/c15-9-3-4-10-11(7-9)14(13-12-10)6-5-8-1-2-8/h3-4,7-8,15H,1-2,5-6H2. The van der Waals surface area contributed by atoms with Crippen LogP contribution in [0.5, 0.6) is 5.75 Å². The van der Waals surface area contributed by atoms with E-state index in [0.29, 0.717) is 0 Å². The van der Waals surface area contributed by atoms with Crippen molar-refractivity contribution in [3.05, 3.63) is 18.2 Å². The Labute approximate surface area is 87.5 Å². The van der Waals surface area contributed by atoms with E-state index in [1.54, 1.807) is 18.2 Å². The van der Waals surface area contributed by atoms with Crippen LogP contribution >= 0.6 is 0 Å². The minimum absolute atomic E-state index is 0.275. The lowest BCUT2D eigenvalue weighted by Crippen LogP contribution is -2.00. The van der Waals surface area contributed by atoms with Gasteiger partial charge in [0.1, 0.15) is 11.3 Å². The number of rotatable bonds is 3. The van der Waals surface area contributed by atoms with Gasteiger partial charge in [0.05, 0.1) is 5.52 Å². The van der Waals surface area contributed by atoms with E-state index in [1.807, 2.05) is 4.68 Å². The van der Waals surface area contributed by atoms with Crippen molar-refractivity contribution in [1.82, 2.24) is 15.0 Å². The Morgan fingerprint density at radius 1 is 1.40 bits per heavy atom. The first kappa shape index (κ1) is 8.71. The Bertz CT molecular complexity index is 488. The third kappa shape index (κ3) is 1.67. The molecule has 1 aromatic heterocycles.